The molecule has 0 saturated heterocycles. The Labute approximate surface area is 193 Å². The van der Waals surface area contributed by atoms with Gasteiger partial charge in [0.25, 0.3) is 16.8 Å². The number of hydrogen-bond donors (Lipinski definition) is 5. The number of fused-ring (bicyclic) bond motifs is 1. The van der Waals surface area contributed by atoms with Crippen LogP contribution < -0.4 is 26.8 Å². The van der Waals surface area contributed by atoms with Gasteiger partial charge >= 0.3 is 5.97 Å². The van der Waals surface area contributed by atoms with Crippen LogP contribution in [0.1, 0.15) is 29.4 Å². The number of para-hydroxylation sites is 1. The van der Waals surface area contributed by atoms with Gasteiger partial charge in [-0.25, -0.2) is 4.79 Å². The number of carbonyl (C=O) groups is 2. The van der Waals surface area contributed by atoms with E-state index in [4.69, 9.17) is 0 Å². The minimum atomic E-state index is -1.16. The van der Waals surface area contributed by atoms with Gasteiger partial charge in [-0.3, -0.25) is 19.5 Å². The van der Waals surface area contributed by atoms with Crippen LogP contribution in [0, 0.1) is 0 Å². The van der Waals surface area contributed by atoms with Crippen LogP contribution in [-0.2, 0) is 11.2 Å². The van der Waals surface area contributed by atoms with E-state index >= 15 is 0 Å². The van der Waals surface area contributed by atoms with Crippen LogP contribution in [0.2, 0.25) is 0 Å². The van der Waals surface area contributed by atoms with E-state index in [9.17, 15) is 24.3 Å². The van der Waals surface area contributed by atoms with Crippen molar-refractivity contribution in [3.05, 3.63) is 80.2 Å². The van der Waals surface area contributed by atoms with Crippen LogP contribution in [0.5, 0.6) is 0 Å². The zero-order chi connectivity index (χ0) is 24.2. The van der Waals surface area contributed by atoms with E-state index in [0.717, 1.165) is 11.9 Å². The fourth-order valence-corrected chi connectivity index (χ4v) is 3.61. The molecule has 3 aromatic carbocycles. The molecule has 1 atom stereocenters. The summed E-state index contributed by atoms with van der Waals surface area (Å²) in [5.41, 5.74) is 0.973. The molecule has 34 heavy (non-hydrogen) atoms. The number of carboxylic acids is 1. The summed E-state index contributed by atoms with van der Waals surface area (Å²) in [7, 11) is 0. The van der Waals surface area contributed by atoms with Gasteiger partial charge in [0.2, 0.25) is 0 Å². The first-order valence-corrected chi connectivity index (χ1v) is 10.8. The Morgan fingerprint density at radius 2 is 1.74 bits per heavy atom. The van der Waals surface area contributed by atoms with Crippen molar-refractivity contribution in [3.63, 3.8) is 0 Å². The second kappa shape index (κ2) is 9.57. The molecule has 0 aliphatic carbocycles. The second-order valence-corrected chi connectivity index (χ2v) is 7.84. The summed E-state index contributed by atoms with van der Waals surface area (Å²) in [6.45, 7) is 2.41. The summed E-state index contributed by atoms with van der Waals surface area (Å²) in [4.78, 5) is 48.1. The first-order valence-electron chi connectivity index (χ1n) is 10.8. The van der Waals surface area contributed by atoms with Crippen molar-refractivity contribution in [2.75, 3.05) is 22.5 Å². The molecular formula is C24H23N5O5. The quantitative estimate of drug-likeness (QED) is 0.226. The average Bonchev–Trinajstić information content (AvgIpc) is 3.28. The van der Waals surface area contributed by atoms with Crippen molar-refractivity contribution in [3.8, 4) is 0 Å². The predicted octanol–water partition coefficient (Wildman–Crippen LogP) is 2.34. The molecule has 1 amide bonds. The molecule has 0 bridgehead atoms. The molecule has 0 fully saturated rings. The van der Waals surface area contributed by atoms with Crippen LogP contribution >= 0.6 is 0 Å². The van der Waals surface area contributed by atoms with Crippen molar-refractivity contribution < 1.29 is 14.7 Å². The zero-order valence-electron chi connectivity index (χ0n) is 18.3. The summed E-state index contributed by atoms with van der Waals surface area (Å²) in [6, 6.07) is 12.9. The first kappa shape index (κ1) is 22.7. The van der Waals surface area contributed by atoms with Gasteiger partial charge in [-0.15, -0.1) is 0 Å². The molecule has 1 aromatic heterocycles. The number of amides is 1. The largest absolute Gasteiger partial charge is 0.480 e. The minimum absolute atomic E-state index is 0.000891. The second-order valence-electron chi connectivity index (χ2n) is 7.84. The summed E-state index contributed by atoms with van der Waals surface area (Å²) in [6.07, 6.45) is 0.819. The number of benzene rings is 2. The lowest BCUT2D eigenvalue weighted by Gasteiger charge is -2.20. The molecule has 0 spiro atoms. The molecule has 4 aromatic rings. The third-order valence-corrected chi connectivity index (χ3v) is 5.42. The Bertz CT molecular complexity index is 1420. The highest BCUT2D eigenvalue weighted by Gasteiger charge is 2.26. The van der Waals surface area contributed by atoms with E-state index in [1.165, 1.54) is 0 Å². The molecule has 174 valence electrons. The number of H-pyrrole nitrogens is 1. The molecular weight excluding hydrogens is 438 g/mol. The third-order valence-electron chi connectivity index (χ3n) is 5.42. The highest BCUT2D eigenvalue weighted by Crippen LogP contribution is 2.20. The zero-order valence-corrected chi connectivity index (χ0v) is 18.3. The van der Waals surface area contributed by atoms with Crippen molar-refractivity contribution in [2.24, 2.45) is 0 Å². The van der Waals surface area contributed by atoms with Gasteiger partial charge in [0.1, 0.15) is 17.4 Å². The van der Waals surface area contributed by atoms with Crippen LogP contribution in [0.4, 0.5) is 17.1 Å². The van der Waals surface area contributed by atoms with E-state index in [1.54, 1.807) is 30.3 Å². The number of nitrogens with zero attached hydrogens (tertiary/aromatic N) is 1. The van der Waals surface area contributed by atoms with Crippen LogP contribution in [-0.4, -0.2) is 39.8 Å². The third kappa shape index (κ3) is 4.51. The van der Waals surface area contributed by atoms with Gasteiger partial charge < -0.3 is 21.1 Å². The maximum Gasteiger partial charge on any atom is 0.326 e. The number of nitrogens with one attached hydrogen (secondary N) is 4. The lowest BCUT2D eigenvalue weighted by atomic mass is 10.0. The maximum absolute atomic E-state index is 12.6. The number of hydrogen-bond acceptors (Lipinski definition) is 7. The number of aliphatic carboxylic acids is 1. The van der Waals surface area contributed by atoms with Gasteiger partial charge in [0.15, 0.2) is 5.69 Å². The van der Waals surface area contributed by atoms with Crippen molar-refractivity contribution in [1.29, 1.82) is 0 Å². The predicted molar refractivity (Wildman–Crippen MR) is 129 cm³/mol. The van der Waals surface area contributed by atoms with E-state index in [-0.39, 0.29) is 29.4 Å². The molecule has 0 aliphatic heterocycles. The number of carbonyl (C=O) groups excluding carboxylic acids is 1. The smallest absolute Gasteiger partial charge is 0.326 e. The molecule has 0 saturated carbocycles. The summed E-state index contributed by atoms with van der Waals surface area (Å²) in [5.74, 6) is -1.53. The fourth-order valence-electron chi connectivity index (χ4n) is 3.61. The Morgan fingerprint density at radius 1 is 1.03 bits per heavy atom. The van der Waals surface area contributed by atoms with E-state index in [0.29, 0.717) is 23.2 Å². The van der Waals surface area contributed by atoms with Crippen molar-refractivity contribution in [1.82, 2.24) is 10.2 Å². The van der Waals surface area contributed by atoms with E-state index in [2.05, 4.69) is 26.1 Å². The Kier molecular flexibility index (Phi) is 6.39. The Balaban J connectivity index is 1.43. The molecule has 1 heterocycles. The monoisotopic (exact) mass is 461 g/mol. The molecule has 10 nitrogen and oxygen atoms in total. The van der Waals surface area contributed by atoms with Crippen LogP contribution in [0.15, 0.2) is 58.1 Å². The van der Waals surface area contributed by atoms with Crippen LogP contribution in [0.25, 0.3) is 10.9 Å². The van der Waals surface area contributed by atoms with E-state index in [1.807, 2.05) is 25.1 Å². The lowest BCUT2D eigenvalue weighted by molar-refractivity contribution is -0.137. The molecule has 0 radical (unpaired) electrons. The van der Waals surface area contributed by atoms with Gasteiger partial charge in [0, 0.05) is 24.0 Å². The van der Waals surface area contributed by atoms with Gasteiger partial charge in [-0.1, -0.05) is 37.3 Å². The van der Waals surface area contributed by atoms with Crippen LogP contribution in [0.3, 0.4) is 0 Å². The molecule has 4 rings (SSSR count). The normalized spacial score (nSPS) is 11.9. The van der Waals surface area contributed by atoms with Gasteiger partial charge in [-0.05, 0) is 30.2 Å². The lowest BCUT2D eigenvalue weighted by Crippen LogP contribution is -2.42. The Hall–Kier alpha value is -4.47. The number of carboxylic acid groups (broad SMARTS) is 1. The topological polar surface area (TPSA) is 153 Å². The number of rotatable bonds is 10. The Morgan fingerprint density at radius 3 is 2.44 bits per heavy atom. The van der Waals surface area contributed by atoms with Crippen molar-refractivity contribution in [2.45, 2.75) is 25.8 Å². The number of aromatic amines is 1. The maximum atomic E-state index is 12.6. The standard InChI is InChI=1S/C24H23N5O5/c1-2-11-25-19-20(22(31)21(19)30)27-17(24(33)34)12-13-7-9-14(10-8-13)26-23(32)18-15-5-3-4-6-16(15)28-29-18/h3-10,17,25,27H,2,11-12H2,1H3,(H,26,32)(H,28,29)(H,33,34)/t17-/m0/s1. The average molecular weight is 461 g/mol. The van der Waals surface area contributed by atoms with Gasteiger partial charge in [-0.2, -0.15) is 5.10 Å². The molecule has 0 aliphatic rings. The summed E-state index contributed by atoms with van der Waals surface area (Å²) >= 11 is 0. The van der Waals surface area contributed by atoms with Gasteiger partial charge in [0.05, 0.1) is 5.52 Å². The molecule has 0 unspecified atom stereocenters. The molecule has 5 N–H and O–H groups in total. The number of anilines is 3. The SMILES string of the molecule is CCCNc1c(N[C@@H](Cc2ccc(NC(=O)c3n[nH]c4ccccc34)cc2)C(=O)O)c(=O)c1=O. The minimum Gasteiger partial charge on any atom is -0.480 e. The number of aromatic nitrogens is 2. The fraction of sp³-hybridized carbons (Fsp3) is 0.208. The molecule has 10 heteroatoms. The van der Waals surface area contributed by atoms with Crippen molar-refractivity contribution >= 4 is 39.8 Å². The van der Waals surface area contributed by atoms with E-state index < -0.39 is 22.9 Å². The highest BCUT2D eigenvalue weighted by molar-refractivity contribution is 6.11. The highest BCUT2D eigenvalue weighted by atomic mass is 16.4. The first-order chi connectivity index (χ1) is 16.4. The summed E-state index contributed by atoms with van der Waals surface area (Å²) in [5, 5.41) is 25.5. The summed E-state index contributed by atoms with van der Waals surface area (Å²) < 4.78 is 0.